The van der Waals surface area contributed by atoms with Crippen molar-refractivity contribution in [3.8, 4) is 0 Å². The van der Waals surface area contributed by atoms with Crippen LogP contribution in [-0.4, -0.2) is 17.7 Å². The zero-order valence-electron chi connectivity index (χ0n) is 7.25. The van der Waals surface area contributed by atoms with Crippen LogP contribution in [0.3, 0.4) is 0 Å². The second-order valence-corrected chi connectivity index (χ2v) is 2.40. The quantitative estimate of drug-likeness (QED) is 0.465. The minimum absolute atomic E-state index is 0.0128. The van der Waals surface area contributed by atoms with Gasteiger partial charge < -0.3 is 9.53 Å². The van der Waals surface area contributed by atoms with E-state index in [4.69, 9.17) is 0 Å². The number of ether oxygens (including phenoxy) is 1. The zero-order valence-corrected chi connectivity index (χ0v) is 7.25. The fraction of sp³-hybridized carbons (Fsp3) is 0.625. The molecule has 0 atom stereocenters. The molecule has 0 aliphatic carbocycles. The van der Waals surface area contributed by atoms with Gasteiger partial charge in [0.15, 0.2) is 0 Å². The van der Waals surface area contributed by atoms with E-state index in [0.717, 1.165) is 0 Å². The summed E-state index contributed by atoms with van der Waals surface area (Å²) in [7, 11) is 0. The van der Waals surface area contributed by atoms with Crippen LogP contribution in [0, 0.1) is 0 Å². The Morgan fingerprint density at radius 1 is 1.08 bits per heavy atom. The molecule has 0 bridgehead atoms. The molecule has 0 unspecified atom stereocenters. The van der Waals surface area contributed by atoms with Crippen LogP contribution < -0.4 is 0 Å². The van der Waals surface area contributed by atoms with Gasteiger partial charge in [0.2, 0.25) is 0 Å². The Morgan fingerprint density at radius 3 is 2.08 bits per heavy atom. The van der Waals surface area contributed by atoms with E-state index in [0.29, 0.717) is 0 Å². The highest BCUT2D eigenvalue weighted by atomic mass is 16.6. The summed E-state index contributed by atoms with van der Waals surface area (Å²) in [6.07, 6.45) is 0.294. The van der Waals surface area contributed by atoms with Gasteiger partial charge in [-0.15, -0.1) is 0 Å². The van der Waals surface area contributed by atoms with Crippen LogP contribution in [0.5, 0.6) is 0 Å². The van der Waals surface area contributed by atoms with Crippen molar-refractivity contribution >= 4 is 17.7 Å². The second-order valence-electron chi connectivity index (χ2n) is 2.40. The van der Waals surface area contributed by atoms with Crippen LogP contribution in [0.4, 0.5) is 0 Å². The van der Waals surface area contributed by atoms with Gasteiger partial charge >= 0.3 is 11.9 Å². The van der Waals surface area contributed by atoms with Gasteiger partial charge in [0.25, 0.3) is 0 Å². The minimum atomic E-state index is -0.628. The molecule has 68 valence electrons. The average molecular weight is 172 g/mol. The molecule has 0 aromatic heterocycles. The first-order chi connectivity index (χ1) is 5.56. The highest BCUT2D eigenvalue weighted by Crippen LogP contribution is 1.95. The van der Waals surface area contributed by atoms with Crippen LogP contribution in [0.1, 0.15) is 33.1 Å². The smallest absolute Gasteiger partial charge is 0.313 e. The maximum atomic E-state index is 10.7. The van der Waals surface area contributed by atoms with Gasteiger partial charge in [-0.3, -0.25) is 9.59 Å². The Balaban J connectivity index is 3.60. The molecule has 0 aromatic carbocycles. The Morgan fingerprint density at radius 2 is 1.67 bits per heavy atom. The molecular formula is C8H12O4. The average Bonchev–Trinajstić information content (AvgIpc) is 2.00. The number of Topliss-reactive ketones (excluding diaryl/α,β-unsaturated/α-hetero) is 1. The van der Waals surface area contributed by atoms with E-state index in [1.165, 1.54) is 6.92 Å². The summed E-state index contributed by atoms with van der Waals surface area (Å²) in [6, 6.07) is 0. The number of carbonyl (C=O) groups excluding carboxylic acids is 3. The number of hydrogen-bond acceptors (Lipinski definition) is 4. The van der Waals surface area contributed by atoms with E-state index < -0.39 is 11.9 Å². The molecule has 0 fully saturated rings. The van der Waals surface area contributed by atoms with Gasteiger partial charge in [-0.05, 0) is 6.92 Å². The zero-order chi connectivity index (χ0) is 9.56. The summed E-state index contributed by atoms with van der Waals surface area (Å²) in [4.78, 5) is 31.7. The molecule has 0 aliphatic rings. The van der Waals surface area contributed by atoms with Crippen molar-refractivity contribution in [2.75, 3.05) is 0 Å². The molecule has 0 spiro atoms. The van der Waals surface area contributed by atoms with E-state index >= 15 is 0 Å². The Hall–Kier alpha value is -1.19. The number of hydrogen-bond donors (Lipinski definition) is 0. The summed E-state index contributed by atoms with van der Waals surface area (Å²) in [5, 5.41) is 0. The fourth-order valence-electron chi connectivity index (χ4n) is 0.528. The van der Waals surface area contributed by atoms with Crippen LogP contribution in [0.15, 0.2) is 0 Å². The molecule has 0 aliphatic heterocycles. The second kappa shape index (κ2) is 5.46. The summed E-state index contributed by atoms with van der Waals surface area (Å²) < 4.78 is 4.32. The predicted octanol–water partition coefficient (Wildman–Crippen LogP) is 0.835. The van der Waals surface area contributed by atoms with Crippen molar-refractivity contribution in [1.29, 1.82) is 0 Å². The van der Waals surface area contributed by atoms with Gasteiger partial charge in [-0.25, -0.2) is 0 Å². The van der Waals surface area contributed by atoms with E-state index in [-0.39, 0.29) is 25.0 Å². The van der Waals surface area contributed by atoms with E-state index in [2.05, 4.69) is 4.74 Å². The number of ketones is 1. The number of esters is 2. The van der Waals surface area contributed by atoms with Crippen molar-refractivity contribution < 1.29 is 19.1 Å². The van der Waals surface area contributed by atoms with Gasteiger partial charge in [0, 0.05) is 12.8 Å². The highest BCUT2D eigenvalue weighted by molar-refractivity contribution is 5.87. The Labute approximate surface area is 70.9 Å². The maximum Gasteiger partial charge on any atom is 0.313 e. The van der Waals surface area contributed by atoms with Gasteiger partial charge in [0.05, 0.1) is 6.42 Å². The topological polar surface area (TPSA) is 60.4 Å². The van der Waals surface area contributed by atoms with E-state index in [1.54, 1.807) is 6.92 Å². The lowest BCUT2D eigenvalue weighted by atomic mass is 10.2. The van der Waals surface area contributed by atoms with Crippen molar-refractivity contribution in [3.05, 3.63) is 0 Å². The SMILES string of the molecule is CCC(=O)OC(=O)CCC(C)=O. The number of carbonyl (C=O) groups is 3. The summed E-state index contributed by atoms with van der Waals surface area (Å²) in [6.45, 7) is 2.98. The molecule has 0 rings (SSSR count). The largest absolute Gasteiger partial charge is 0.393 e. The molecule has 0 heterocycles. The lowest BCUT2D eigenvalue weighted by Crippen LogP contribution is -2.11. The molecule has 12 heavy (non-hydrogen) atoms. The third kappa shape index (κ3) is 5.58. The third-order valence-electron chi connectivity index (χ3n) is 1.20. The minimum Gasteiger partial charge on any atom is -0.393 e. The van der Waals surface area contributed by atoms with Crippen molar-refractivity contribution in [2.45, 2.75) is 33.1 Å². The molecule has 4 nitrogen and oxygen atoms in total. The van der Waals surface area contributed by atoms with Crippen molar-refractivity contribution in [1.82, 2.24) is 0 Å². The van der Waals surface area contributed by atoms with Gasteiger partial charge in [0.1, 0.15) is 5.78 Å². The Bertz CT molecular complexity index is 195. The monoisotopic (exact) mass is 172 g/mol. The van der Waals surface area contributed by atoms with E-state index in [1.807, 2.05) is 0 Å². The lowest BCUT2D eigenvalue weighted by molar-refractivity contribution is -0.159. The van der Waals surface area contributed by atoms with Crippen LogP contribution >= 0.6 is 0 Å². The molecule has 0 N–H and O–H groups in total. The van der Waals surface area contributed by atoms with Crippen molar-refractivity contribution in [2.24, 2.45) is 0 Å². The first kappa shape index (κ1) is 10.8. The van der Waals surface area contributed by atoms with E-state index in [9.17, 15) is 14.4 Å². The predicted molar refractivity (Wildman–Crippen MR) is 41.3 cm³/mol. The summed E-state index contributed by atoms with van der Waals surface area (Å²) >= 11 is 0. The molecule has 0 amide bonds. The molecule has 0 aromatic rings. The molecule has 0 radical (unpaired) electrons. The Kier molecular flexibility index (Phi) is 4.92. The van der Waals surface area contributed by atoms with Crippen LogP contribution in [0.2, 0.25) is 0 Å². The summed E-state index contributed by atoms with van der Waals surface area (Å²) in [5.41, 5.74) is 0. The first-order valence-corrected chi connectivity index (χ1v) is 3.79. The van der Waals surface area contributed by atoms with Crippen molar-refractivity contribution in [3.63, 3.8) is 0 Å². The standard InChI is InChI=1S/C8H12O4/c1-3-7(10)12-8(11)5-4-6(2)9/h3-5H2,1-2H3. The van der Waals surface area contributed by atoms with Crippen LogP contribution in [-0.2, 0) is 19.1 Å². The van der Waals surface area contributed by atoms with Gasteiger partial charge in [-0.2, -0.15) is 0 Å². The molecule has 4 heteroatoms. The number of rotatable bonds is 4. The normalized spacial score (nSPS) is 9.17. The molecule has 0 saturated heterocycles. The molecular weight excluding hydrogens is 160 g/mol. The summed E-state index contributed by atoms with van der Waals surface area (Å²) in [5.74, 6) is -1.27. The fourth-order valence-corrected chi connectivity index (χ4v) is 0.528. The highest BCUT2D eigenvalue weighted by Gasteiger charge is 2.08. The lowest BCUT2D eigenvalue weighted by Gasteiger charge is -1.98. The third-order valence-corrected chi connectivity index (χ3v) is 1.20. The first-order valence-electron chi connectivity index (χ1n) is 3.79. The van der Waals surface area contributed by atoms with Crippen LogP contribution in [0.25, 0.3) is 0 Å². The van der Waals surface area contributed by atoms with Gasteiger partial charge in [-0.1, -0.05) is 6.92 Å². The maximum absolute atomic E-state index is 10.7. The molecule has 0 saturated carbocycles.